The van der Waals surface area contributed by atoms with Gasteiger partial charge in [-0.3, -0.25) is 14.6 Å². The Morgan fingerprint density at radius 3 is 2.26 bits per heavy atom. The predicted octanol–water partition coefficient (Wildman–Crippen LogP) is 3.98. The number of carbonyl (C=O) groups is 2. The van der Waals surface area contributed by atoms with Crippen LogP contribution in [0.25, 0.3) is 0 Å². The van der Waals surface area contributed by atoms with E-state index in [1.807, 2.05) is 25.1 Å². The molecule has 0 unspecified atom stereocenters. The summed E-state index contributed by atoms with van der Waals surface area (Å²) in [5, 5.41) is 5.53. The van der Waals surface area contributed by atoms with Crippen LogP contribution in [0.5, 0.6) is 5.75 Å². The van der Waals surface area contributed by atoms with E-state index in [-0.39, 0.29) is 17.5 Å². The number of hydrogen-bond acceptors (Lipinski definition) is 4. The monoisotopic (exact) mass is 361 g/mol. The first-order valence-electron chi connectivity index (χ1n) is 8.52. The lowest BCUT2D eigenvalue weighted by Gasteiger charge is -2.08. The molecule has 0 fully saturated rings. The Morgan fingerprint density at radius 2 is 1.56 bits per heavy atom. The number of rotatable bonds is 6. The number of hydrogen-bond donors (Lipinski definition) is 2. The van der Waals surface area contributed by atoms with Gasteiger partial charge in [0.2, 0.25) is 0 Å². The second kappa shape index (κ2) is 8.62. The summed E-state index contributed by atoms with van der Waals surface area (Å²) in [5.41, 5.74) is 1.80. The van der Waals surface area contributed by atoms with E-state index in [9.17, 15) is 9.59 Å². The first-order chi connectivity index (χ1) is 13.2. The van der Waals surface area contributed by atoms with Crippen molar-refractivity contribution in [3.8, 4) is 5.75 Å². The molecule has 3 rings (SSSR count). The molecule has 2 amide bonds. The molecule has 0 saturated heterocycles. The summed E-state index contributed by atoms with van der Waals surface area (Å²) < 4.78 is 5.38. The molecule has 2 N–H and O–H groups in total. The molecule has 0 aliphatic carbocycles. The van der Waals surface area contributed by atoms with Crippen LogP contribution in [0.2, 0.25) is 0 Å². The molecule has 0 aliphatic heterocycles. The molecule has 6 heteroatoms. The van der Waals surface area contributed by atoms with E-state index in [0.29, 0.717) is 23.5 Å². The molecule has 27 heavy (non-hydrogen) atoms. The van der Waals surface area contributed by atoms with E-state index in [4.69, 9.17) is 4.74 Å². The lowest BCUT2D eigenvalue weighted by atomic mass is 10.2. The van der Waals surface area contributed by atoms with Gasteiger partial charge in [-0.25, -0.2) is 0 Å². The third kappa shape index (κ3) is 4.92. The Morgan fingerprint density at radius 1 is 0.889 bits per heavy atom. The summed E-state index contributed by atoms with van der Waals surface area (Å²) in [5.74, 6) is 0.0338. The second-order valence-corrected chi connectivity index (χ2v) is 5.66. The average molecular weight is 361 g/mol. The molecule has 0 spiro atoms. The summed E-state index contributed by atoms with van der Waals surface area (Å²) in [7, 11) is 0. The smallest absolute Gasteiger partial charge is 0.274 e. The molecule has 1 aromatic heterocycles. The molecule has 0 bridgehead atoms. The number of benzene rings is 2. The van der Waals surface area contributed by atoms with Gasteiger partial charge in [0.1, 0.15) is 11.4 Å². The van der Waals surface area contributed by atoms with Crippen LogP contribution in [0.15, 0.2) is 72.9 Å². The first-order valence-corrected chi connectivity index (χ1v) is 8.52. The summed E-state index contributed by atoms with van der Waals surface area (Å²) in [4.78, 5) is 28.8. The van der Waals surface area contributed by atoms with Crippen molar-refractivity contribution < 1.29 is 14.3 Å². The molecule has 0 atom stereocenters. The highest BCUT2D eigenvalue weighted by atomic mass is 16.5. The number of nitrogens with zero attached hydrogens (tertiary/aromatic N) is 1. The highest BCUT2D eigenvalue weighted by molar-refractivity contribution is 6.07. The zero-order chi connectivity index (χ0) is 19.1. The van der Waals surface area contributed by atoms with Gasteiger partial charge in [-0.1, -0.05) is 18.2 Å². The van der Waals surface area contributed by atoms with Gasteiger partial charge in [0.25, 0.3) is 11.8 Å². The maximum absolute atomic E-state index is 12.5. The Labute approximate surface area is 157 Å². The van der Waals surface area contributed by atoms with E-state index in [2.05, 4.69) is 15.6 Å². The minimum Gasteiger partial charge on any atom is -0.494 e. The van der Waals surface area contributed by atoms with Crippen molar-refractivity contribution in [2.45, 2.75) is 6.92 Å². The number of ether oxygens (including phenoxy) is 1. The number of carbonyl (C=O) groups excluding carboxylic acids is 2. The van der Waals surface area contributed by atoms with Gasteiger partial charge in [-0.2, -0.15) is 0 Å². The highest BCUT2D eigenvalue weighted by Crippen LogP contribution is 2.17. The SMILES string of the molecule is CCOc1ccc(NC(=O)c2ccnc(C(=O)Nc3ccccc3)c2)cc1. The minimum atomic E-state index is -0.378. The van der Waals surface area contributed by atoms with E-state index in [1.165, 1.54) is 12.3 Å². The van der Waals surface area contributed by atoms with Crippen molar-refractivity contribution in [1.29, 1.82) is 0 Å². The third-order valence-electron chi connectivity index (χ3n) is 3.71. The number of pyridine rings is 1. The molecule has 3 aromatic rings. The van der Waals surface area contributed by atoms with Crippen LogP contribution in [0.1, 0.15) is 27.8 Å². The predicted molar refractivity (Wildman–Crippen MR) is 104 cm³/mol. The normalized spacial score (nSPS) is 10.1. The summed E-state index contributed by atoms with van der Waals surface area (Å²) in [6.07, 6.45) is 1.44. The number of aromatic nitrogens is 1. The van der Waals surface area contributed by atoms with Crippen LogP contribution in [-0.2, 0) is 0 Å². The van der Waals surface area contributed by atoms with Gasteiger partial charge in [0, 0.05) is 23.1 Å². The summed E-state index contributed by atoms with van der Waals surface area (Å²) in [6.45, 7) is 2.49. The molecular formula is C21H19N3O3. The number of anilines is 2. The van der Waals surface area contributed by atoms with Crippen molar-refractivity contribution in [1.82, 2.24) is 4.98 Å². The van der Waals surface area contributed by atoms with Gasteiger partial charge in [-0.05, 0) is 55.5 Å². The Bertz CT molecular complexity index is 925. The van der Waals surface area contributed by atoms with Crippen molar-refractivity contribution in [2.75, 3.05) is 17.2 Å². The van der Waals surface area contributed by atoms with Crippen LogP contribution < -0.4 is 15.4 Å². The van der Waals surface area contributed by atoms with Crippen LogP contribution in [0, 0.1) is 0 Å². The quantitative estimate of drug-likeness (QED) is 0.696. The molecule has 0 radical (unpaired) electrons. The maximum Gasteiger partial charge on any atom is 0.274 e. The van der Waals surface area contributed by atoms with Gasteiger partial charge in [0.15, 0.2) is 0 Å². The zero-order valence-corrected chi connectivity index (χ0v) is 14.8. The van der Waals surface area contributed by atoms with Gasteiger partial charge in [0.05, 0.1) is 6.61 Å². The maximum atomic E-state index is 12.5. The van der Waals surface area contributed by atoms with Gasteiger partial charge in [-0.15, -0.1) is 0 Å². The number of para-hydroxylation sites is 1. The topological polar surface area (TPSA) is 80.3 Å². The first kappa shape index (κ1) is 18.1. The zero-order valence-electron chi connectivity index (χ0n) is 14.8. The van der Waals surface area contributed by atoms with E-state index in [1.54, 1.807) is 42.5 Å². The fraction of sp³-hybridized carbons (Fsp3) is 0.0952. The summed E-state index contributed by atoms with van der Waals surface area (Å²) in [6, 6.07) is 19.2. The van der Waals surface area contributed by atoms with Crippen molar-refractivity contribution in [2.24, 2.45) is 0 Å². The minimum absolute atomic E-state index is 0.165. The van der Waals surface area contributed by atoms with E-state index >= 15 is 0 Å². The fourth-order valence-electron chi connectivity index (χ4n) is 2.42. The molecular weight excluding hydrogens is 342 g/mol. The van der Waals surface area contributed by atoms with Crippen LogP contribution in [0.4, 0.5) is 11.4 Å². The average Bonchev–Trinajstić information content (AvgIpc) is 2.70. The Hall–Kier alpha value is -3.67. The Kier molecular flexibility index (Phi) is 5.79. The molecule has 0 saturated carbocycles. The largest absolute Gasteiger partial charge is 0.494 e. The third-order valence-corrected chi connectivity index (χ3v) is 3.71. The molecule has 6 nitrogen and oxygen atoms in total. The van der Waals surface area contributed by atoms with E-state index in [0.717, 1.165) is 5.75 Å². The van der Waals surface area contributed by atoms with Crippen molar-refractivity contribution >= 4 is 23.2 Å². The molecule has 2 aromatic carbocycles. The highest BCUT2D eigenvalue weighted by Gasteiger charge is 2.12. The number of nitrogens with one attached hydrogen (secondary N) is 2. The van der Waals surface area contributed by atoms with Crippen LogP contribution >= 0.6 is 0 Å². The second-order valence-electron chi connectivity index (χ2n) is 5.66. The van der Waals surface area contributed by atoms with Crippen LogP contribution in [-0.4, -0.2) is 23.4 Å². The fourth-order valence-corrected chi connectivity index (χ4v) is 2.42. The molecule has 0 aliphatic rings. The lowest BCUT2D eigenvalue weighted by Crippen LogP contribution is -2.17. The standard InChI is InChI=1S/C21H19N3O3/c1-2-27-18-10-8-17(9-11-18)23-20(25)15-12-13-22-19(14-15)21(26)24-16-6-4-3-5-7-16/h3-14H,2H2,1H3,(H,23,25)(H,24,26). The van der Waals surface area contributed by atoms with Gasteiger partial charge < -0.3 is 15.4 Å². The molecule has 136 valence electrons. The number of amides is 2. The Balaban J connectivity index is 1.68. The van der Waals surface area contributed by atoms with Crippen molar-refractivity contribution in [3.63, 3.8) is 0 Å². The lowest BCUT2D eigenvalue weighted by molar-refractivity contribution is 0.102. The van der Waals surface area contributed by atoms with Crippen LogP contribution in [0.3, 0.4) is 0 Å². The van der Waals surface area contributed by atoms with E-state index < -0.39 is 0 Å². The molecule has 1 heterocycles. The van der Waals surface area contributed by atoms with Crippen molar-refractivity contribution in [3.05, 3.63) is 84.2 Å². The summed E-state index contributed by atoms with van der Waals surface area (Å²) >= 11 is 0. The van der Waals surface area contributed by atoms with Gasteiger partial charge >= 0.3 is 0 Å².